The van der Waals surface area contributed by atoms with Gasteiger partial charge in [0.05, 0.1) is 21.8 Å². The van der Waals surface area contributed by atoms with Crippen molar-refractivity contribution in [2.75, 3.05) is 0 Å². The lowest BCUT2D eigenvalue weighted by Gasteiger charge is -2.12. The first kappa shape index (κ1) is 17.1. The number of fused-ring (bicyclic) bond motifs is 1. The third-order valence-electron chi connectivity index (χ3n) is 4.23. The van der Waals surface area contributed by atoms with Crippen molar-refractivity contribution >= 4 is 28.4 Å². The first-order chi connectivity index (χ1) is 13.2. The van der Waals surface area contributed by atoms with Gasteiger partial charge in [0.2, 0.25) is 0 Å². The van der Waals surface area contributed by atoms with Gasteiger partial charge in [-0.25, -0.2) is 10.5 Å². The van der Waals surface area contributed by atoms with Crippen LogP contribution in [0.15, 0.2) is 67.3 Å². The van der Waals surface area contributed by atoms with Crippen LogP contribution in [0.25, 0.3) is 33.3 Å². The van der Waals surface area contributed by atoms with Crippen LogP contribution in [-0.2, 0) is 0 Å². The maximum absolute atomic E-state index is 12.2. The van der Waals surface area contributed by atoms with Gasteiger partial charge in [-0.2, -0.15) is 0 Å². The molecule has 132 valence electrons. The van der Waals surface area contributed by atoms with Gasteiger partial charge in [0, 0.05) is 35.7 Å². The number of hydrogen-bond acceptors (Lipinski definition) is 5. The molecule has 3 aromatic heterocycles. The summed E-state index contributed by atoms with van der Waals surface area (Å²) >= 11 is 6.48. The largest absolute Gasteiger partial charge is 0.288 e. The Balaban J connectivity index is 1.87. The fraction of sp³-hybridized carbons (Fsp3) is 0. The van der Waals surface area contributed by atoms with Gasteiger partial charge in [-0.1, -0.05) is 35.9 Å². The molecule has 3 heterocycles. The molecule has 0 saturated carbocycles. The van der Waals surface area contributed by atoms with Crippen molar-refractivity contribution in [1.82, 2.24) is 20.4 Å². The number of hydrogen-bond donors (Lipinski definition) is 2. The number of halogens is 1. The second kappa shape index (κ2) is 7.11. The lowest BCUT2D eigenvalue weighted by Crippen LogP contribution is -2.20. The standard InChI is InChI=1S/C20H13ClN4O2/c21-18-17(20(26)25-27)15-11-23-10-7-16(15)24-19(18)14-3-1-12(2-4-14)13-5-8-22-9-6-13/h1-11,27H,(H,25,26). The van der Waals surface area contributed by atoms with Crippen molar-refractivity contribution in [2.24, 2.45) is 0 Å². The Morgan fingerprint density at radius 1 is 0.889 bits per heavy atom. The van der Waals surface area contributed by atoms with E-state index >= 15 is 0 Å². The molecule has 7 heteroatoms. The Kier molecular flexibility index (Phi) is 4.50. The molecule has 0 bridgehead atoms. The number of hydroxylamine groups is 1. The van der Waals surface area contributed by atoms with Gasteiger partial charge >= 0.3 is 0 Å². The van der Waals surface area contributed by atoms with Crippen LogP contribution in [-0.4, -0.2) is 26.1 Å². The zero-order valence-electron chi connectivity index (χ0n) is 13.9. The van der Waals surface area contributed by atoms with E-state index in [0.29, 0.717) is 16.6 Å². The van der Waals surface area contributed by atoms with Gasteiger partial charge in [0.1, 0.15) is 0 Å². The minimum Gasteiger partial charge on any atom is -0.288 e. The van der Waals surface area contributed by atoms with Crippen molar-refractivity contribution in [1.29, 1.82) is 0 Å². The number of nitrogens with zero attached hydrogens (tertiary/aromatic N) is 3. The van der Waals surface area contributed by atoms with E-state index in [4.69, 9.17) is 16.8 Å². The maximum Gasteiger partial charge on any atom is 0.276 e. The van der Waals surface area contributed by atoms with E-state index in [-0.39, 0.29) is 10.6 Å². The van der Waals surface area contributed by atoms with E-state index in [2.05, 4.69) is 15.0 Å². The van der Waals surface area contributed by atoms with Gasteiger partial charge in [0.15, 0.2) is 0 Å². The lowest BCUT2D eigenvalue weighted by molar-refractivity contribution is 0.0708. The van der Waals surface area contributed by atoms with Crippen LogP contribution in [0.3, 0.4) is 0 Å². The summed E-state index contributed by atoms with van der Waals surface area (Å²) < 4.78 is 0. The summed E-state index contributed by atoms with van der Waals surface area (Å²) in [4.78, 5) is 24.8. The van der Waals surface area contributed by atoms with E-state index in [0.717, 1.165) is 16.7 Å². The lowest BCUT2D eigenvalue weighted by atomic mass is 10.0. The molecule has 6 nitrogen and oxygen atoms in total. The number of benzene rings is 1. The summed E-state index contributed by atoms with van der Waals surface area (Å²) in [5.74, 6) is -0.713. The van der Waals surface area contributed by atoms with E-state index < -0.39 is 5.91 Å². The van der Waals surface area contributed by atoms with Crippen LogP contribution in [0.4, 0.5) is 0 Å². The Morgan fingerprint density at radius 2 is 1.52 bits per heavy atom. The minimum absolute atomic E-state index is 0.130. The predicted octanol–water partition coefficient (Wildman–Crippen LogP) is 4.13. The predicted molar refractivity (Wildman–Crippen MR) is 102 cm³/mol. The van der Waals surface area contributed by atoms with E-state index in [1.54, 1.807) is 30.1 Å². The van der Waals surface area contributed by atoms with Crippen LogP contribution >= 0.6 is 11.6 Å². The molecule has 1 amide bonds. The Morgan fingerprint density at radius 3 is 2.22 bits per heavy atom. The molecule has 4 rings (SSSR count). The van der Waals surface area contributed by atoms with Gasteiger partial charge in [-0.05, 0) is 29.3 Å². The van der Waals surface area contributed by atoms with E-state index in [1.807, 2.05) is 36.4 Å². The first-order valence-corrected chi connectivity index (χ1v) is 8.45. The molecular formula is C20H13ClN4O2. The van der Waals surface area contributed by atoms with Gasteiger partial charge < -0.3 is 0 Å². The normalized spacial score (nSPS) is 10.7. The van der Waals surface area contributed by atoms with Crippen molar-refractivity contribution in [3.8, 4) is 22.4 Å². The molecule has 1 aromatic carbocycles. The minimum atomic E-state index is -0.713. The Bertz CT molecular complexity index is 1130. The SMILES string of the molecule is O=C(NO)c1c(Cl)c(-c2ccc(-c3ccncc3)cc2)nc2ccncc12. The summed E-state index contributed by atoms with van der Waals surface area (Å²) in [7, 11) is 0. The molecule has 0 unspecified atom stereocenters. The van der Waals surface area contributed by atoms with Gasteiger partial charge in [-0.3, -0.25) is 20.0 Å². The van der Waals surface area contributed by atoms with Crippen molar-refractivity contribution in [2.45, 2.75) is 0 Å². The highest BCUT2D eigenvalue weighted by molar-refractivity contribution is 6.37. The number of nitrogens with one attached hydrogen (secondary N) is 1. The van der Waals surface area contributed by atoms with Crippen molar-refractivity contribution in [3.63, 3.8) is 0 Å². The molecule has 0 saturated heterocycles. The second-order valence-electron chi connectivity index (χ2n) is 5.80. The molecule has 0 atom stereocenters. The quantitative estimate of drug-likeness (QED) is 0.414. The zero-order chi connectivity index (χ0) is 18.8. The summed E-state index contributed by atoms with van der Waals surface area (Å²) in [6, 6.07) is 13.2. The summed E-state index contributed by atoms with van der Waals surface area (Å²) in [6.07, 6.45) is 6.55. The highest BCUT2D eigenvalue weighted by atomic mass is 35.5. The number of rotatable bonds is 3. The van der Waals surface area contributed by atoms with E-state index in [1.165, 1.54) is 6.20 Å². The Labute approximate surface area is 159 Å². The topological polar surface area (TPSA) is 88.0 Å². The number of amides is 1. The number of pyridine rings is 3. The highest BCUT2D eigenvalue weighted by Crippen LogP contribution is 2.34. The van der Waals surface area contributed by atoms with Gasteiger partial charge in [-0.15, -0.1) is 0 Å². The number of carbonyl (C=O) groups excluding carboxylic acids is 1. The maximum atomic E-state index is 12.2. The summed E-state index contributed by atoms with van der Waals surface area (Å²) in [5, 5.41) is 9.71. The first-order valence-electron chi connectivity index (χ1n) is 8.07. The summed E-state index contributed by atoms with van der Waals surface area (Å²) in [6.45, 7) is 0. The molecule has 27 heavy (non-hydrogen) atoms. The van der Waals surface area contributed by atoms with Crippen LogP contribution < -0.4 is 5.48 Å². The Hall–Kier alpha value is -3.35. The van der Waals surface area contributed by atoms with Gasteiger partial charge in [0.25, 0.3) is 5.91 Å². The summed E-state index contributed by atoms with van der Waals surface area (Å²) in [5.41, 5.74) is 5.60. The van der Waals surface area contributed by atoms with Crippen molar-refractivity contribution < 1.29 is 10.0 Å². The molecule has 0 fully saturated rings. The molecule has 0 spiro atoms. The molecule has 0 radical (unpaired) electrons. The molecule has 0 aliphatic rings. The molecule has 0 aliphatic carbocycles. The molecule has 4 aromatic rings. The van der Waals surface area contributed by atoms with Crippen LogP contribution in [0, 0.1) is 0 Å². The number of carbonyl (C=O) groups is 1. The molecule has 2 N–H and O–H groups in total. The third kappa shape index (κ3) is 3.12. The smallest absolute Gasteiger partial charge is 0.276 e. The average Bonchev–Trinajstić information content (AvgIpc) is 2.73. The van der Waals surface area contributed by atoms with Crippen molar-refractivity contribution in [3.05, 3.63) is 77.8 Å². The van der Waals surface area contributed by atoms with Crippen LogP contribution in [0.5, 0.6) is 0 Å². The van der Waals surface area contributed by atoms with E-state index in [9.17, 15) is 4.79 Å². The van der Waals surface area contributed by atoms with Crippen LogP contribution in [0.1, 0.15) is 10.4 Å². The zero-order valence-corrected chi connectivity index (χ0v) is 14.7. The number of aromatic nitrogens is 3. The average molecular weight is 377 g/mol. The van der Waals surface area contributed by atoms with Crippen LogP contribution in [0.2, 0.25) is 5.02 Å². The molecule has 0 aliphatic heterocycles. The second-order valence-corrected chi connectivity index (χ2v) is 6.17. The third-order valence-corrected chi connectivity index (χ3v) is 4.60. The highest BCUT2D eigenvalue weighted by Gasteiger charge is 2.20. The monoisotopic (exact) mass is 376 g/mol. The fourth-order valence-electron chi connectivity index (χ4n) is 2.92. The molecular weight excluding hydrogens is 364 g/mol. The fourth-order valence-corrected chi connectivity index (χ4v) is 3.26.